The van der Waals surface area contributed by atoms with Gasteiger partial charge >= 0.3 is 0 Å². The fourth-order valence-electron chi connectivity index (χ4n) is 1.58. The molecule has 2 aromatic rings. The van der Waals surface area contributed by atoms with E-state index in [4.69, 9.17) is 10.00 Å². The number of methoxy groups -OCH3 is 1. The molecule has 0 saturated heterocycles. The largest absolute Gasteiger partial charge is 0.495 e. The smallest absolute Gasteiger partial charge is 0.270 e. The molecule has 0 aliphatic carbocycles. The van der Waals surface area contributed by atoms with Gasteiger partial charge in [0.2, 0.25) is 0 Å². The fourth-order valence-corrected chi connectivity index (χ4v) is 1.58. The molecule has 0 bridgehead atoms. The minimum atomic E-state index is -0.439. The van der Waals surface area contributed by atoms with Crippen molar-refractivity contribution in [1.82, 2.24) is 4.98 Å². The van der Waals surface area contributed by atoms with Crippen molar-refractivity contribution in [3.8, 4) is 23.1 Å². The van der Waals surface area contributed by atoms with Crippen LogP contribution in [0.5, 0.6) is 5.75 Å². The van der Waals surface area contributed by atoms with Crippen LogP contribution in [0.2, 0.25) is 0 Å². The Labute approximate surface area is 98.1 Å². The predicted molar refractivity (Wildman–Crippen MR) is 63.8 cm³/mol. The first-order valence-electron chi connectivity index (χ1n) is 5.03. The summed E-state index contributed by atoms with van der Waals surface area (Å²) in [4.78, 5) is 14.3. The van der Waals surface area contributed by atoms with E-state index in [-0.39, 0.29) is 11.3 Å². The first-order valence-corrected chi connectivity index (χ1v) is 5.03. The van der Waals surface area contributed by atoms with Crippen LogP contribution in [-0.4, -0.2) is 12.1 Å². The Hall–Kier alpha value is -2.54. The molecule has 0 aliphatic rings. The Kier molecular flexibility index (Phi) is 2.93. The molecule has 0 spiro atoms. The average molecular weight is 226 g/mol. The number of nitriles is 1. The van der Waals surface area contributed by atoms with Crippen LogP contribution in [0.1, 0.15) is 5.56 Å². The molecule has 1 aromatic carbocycles. The summed E-state index contributed by atoms with van der Waals surface area (Å²) in [5.74, 6) is 0.287. The lowest BCUT2D eigenvalue weighted by Gasteiger charge is -2.06. The minimum Gasteiger partial charge on any atom is -0.495 e. The van der Waals surface area contributed by atoms with Gasteiger partial charge in [-0.05, 0) is 5.56 Å². The molecule has 0 saturated carbocycles. The molecule has 0 aliphatic heterocycles. The topological polar surface area (TPSA) is 65.9 Å². The molecule has 84 valence electrons. The number of hydrogen-bond acceptors (Lipinski definition) is 3. The SMILES string of the molecule is COc1cc(-c2ccccc2)[nH]c(=O)c1C#N. The molecule has 0 fully saturated rings. The molecular weight excluding hydrogens is 216 g/mol. The highest BCUT2D eigenvalue weighted by atomic mass is 16.5. The van der Waals surface area contributed by atoms with E-state index in [2.05, 4.69) is 4.98 Å². The van der Waals surface area contributed by atoms with Gasteiger partial charge in [0.15, 0.2) is 5.56 Å². The van der Waals surface area contributed by atoms with E-state index >= 15 is 0 Å². The Balaban J connectivity index is 2.64. The molecular formula is C13H10N2O2. The lowest BCUT2D eigenvalue weighted by molar-refractivity contribution is 0.412. The van der Waals surface area contributed by atoms with E-state index in [0.29, 0.717) is 5.69 Å². The van der Waals surface area contributed by atoms with E-state index in [9.17, 15) is 4.79 Å². The number of H-pyrrole nitrogens is 1. The highest BCUT2D eigenvalue weighted by Gasteiger charge is 2.10. The van der Waals surface area contributed by atoms with E-state index in [0.717, 1.165) is 5.56 Å². The van der Waals surface area contributed by atoms with Gasteiger partial charge in [0.05, 0.1) is 12.8 Å². The van der Waals surface area contributed by atoms with Gasteiger partial charge in [-0.1, -0.05) is 30.3 Å². The van der Waals surface area contributed by atoms with Gasteiger partial charge in [0.25, 0.3) is 5.56 Å². The maximum absolute atomic E-state index is 11.7. The average Bonchev–Trinajstić information content (AvgIpc) is 2.38. The summed E-state index contributed by atoms with van der Waals surface area (Å²) >= 11 is 0. The first kappa shape index (κ1) is 11.0. The maximum atomic E-state index is 11.7. The van der Waals surface area contributed by atoms with Crippen molar-refractivity contribution in [2.75, 3.05) is 7.11 Å². The van der Waals surface area contributed by atoms with Crippen molar-refractivity contribution in [3.05, 3.63) is 52.3 Å². The van der Waals surface area contributed by atoms with Crippen LogP contribution in [0.25, 0.3) is 11.3 Å². The van der Waals surface area contributed by atoms with E-state index < -0.39 is 5.56 Å². The first-order chi connectivity index (χ1) is 8.26. The highest BCUT2D eigenvalue weighted by Crippen LogP contribution is 2.21. The van der Waals surface area contributed by atoms with Crippen LogP contribution in [0.3, 0.4) is 0 Å². The summed E-state index contributed by atoms with van der Waals surface area (Å²) in [5.41, 5.74) is 1.05. The fraction of sp³-hybridized carbons (Fsp3) is 0.0769. The standard InChI is InChI=1S/C13H10N2O2/c1-17-12-7-11(9-5-3-2-4-6-9)15-13(16)10(12)8-14/h2-7H,1H3,(H,15,16). The van der Waals surface area contributed by atoms with Crippen LogP contribution in [0.4, 0.5) is 0 Å². The molecule has 4 heteroatoms. The summed E-state index contributed by atoms with van der Waals surface area (Å²) in [7, 11) is 1.43. The van der Waals surface area contributed by atoms with Gasteiger partial charge in [-0.3, -0.25) is 4.79 Å². The van der Waals surface area contributed by atoms with Crippen molar-refractivity contribution >= 4 is 0 Å². The van der Waals surface area contributed by atoms with Gasteiger partial charge in [-0.2, -0.15) is 5.26 Å². The maximum Gasteiger partial charge on any atom is 0.270 e. The molecule has 0 atom stereocenters. The third-order valence-electron chi connectivity index (χ3n) is 2.41. The van der Waals surface area contributed by atoms with E-state index in [1.807, 2.05) is 36.4 Å². The van der Waals surface area contributed by atoms with Crippen LogP contribution >= 0.6 is 0 Å². The Morgan fingerprint density at radius 2 is 2.00 bits per heavy atom. The molecule has 2 rings (SSSR count). The minimum absolute atomic E-state index is 0.00724. The number of nitrogens with zero attached hydrogens (tertiary/aromatic N) is 1. The van der Waals surface area contributed by atoms with Gasteiger partial charge in [0.1, 0.15) is 11.8 Å². The van der Waals surface area contributed by atoms with E-state index in [1.54, 1.807) is 6.07 Å². The molecule has 1 aromatic heterocycles. The Morgan fingerprint density at radius 1 is 1.29 bits per heavy atom. The molecule has 17 heavy (non-hydrogen) atoms. The zero-order valence-corrected chi connectivity index (χ0v) is 9.23. The quantitative estimate of drug-likeness (QED) is 0.850. The normalized spacial score (nSPS) is 9.65. The Bertz CT molecular complexity index is 624. The summed E-state index contributed by atoms with van der Waals surface area (Å²) in [5, 5.41) is 8.84. The molecule has 0 radical (unpaired) electrons. The van der Waals surface area contributed by atoms with Crippen LogP contribution in [0.15, 0.2) is 41.2 Å². The number of benzene rings is 1. The lowest BCUT2D eigenvalue weighted by atomic mass is 10.1. The monoisotopic (exact) mass is 226 g/mol. The second-order valence-electron chi connectivity index (χ2n) is 3.43. The molecule has 4 nitrogen and oxygen atoms in total. The summed E-state index contributed by atoms with van der Waals surface area (Å²) in [6, 6.07) is 12.9. The van der Waals surface area contributed by atoms with E-state index in [1.165, 1.54) is 7.11 Å². The third-order valence-corrected chi connectivity index (χ3v) is 2.41. The molecule has 0 amide bonds. The number of pyridine rings is 1. The number of rotatable bonds is 2. The number of hydrogen-bond donors (Lipinski definition) is 1. The summed E-state index contributed by atoms with van der Waals surface area (Å²) < 4.78 is 5.04. The van der Waals surface area contributed by atoms with Crippen molar-refractivity contribution in [2.45, 2.75) is 0 Å². The zero-order chi connectivity index (χ0) is 12.3. The van der Waals surface area contributed by atoms with Gasteiger partial charge in [-0.25, -0.2) is 0 Å². The highest BCUT2D eigenvalue weighted by molar-refractivity contribution is 5.62. The van der Waals surface area contributed by atoms with Crippen LogP contribution in [0, 0.1) is 11.3 Å². The van der Waals surface area contributed by atoms with Gasteiger partial charge < -0.3 is 9.72 Å². The van der Waals surface area contributed by atoms with Gasteiger partial charge in [0, 0.05) is 6.07 Å². The van der Waals surface area contributed by atoms with Crippen LogP contribution < -0.4 is 10.3 Å². The summed E-state index contributed by atoms with van der Waals surface area (Å²) in [6.07, 6.45) is 0. The molecule has 0 unspecified atom stereocenters. The summed E-state index contributed by atoms with van der Waals surface area (Å²) in [6.45, 7) is 0. The second kappa shape index (κ2) is 4.54. The molecule has 1 N–H and O–H groups in total. The van der Waals surface area contributed by atoms with Gasteiger partial charge in [-0.15, -0.1) is 0 Å². The Morgan fingerprint density at radius 3 is 2.59 bits per heavy atom. The molecule has 1 heterocycles. The second-order valence-corrected chi connectivity index (χ2v) is 3.43. The zero-order valence-electron chi connectivity index (χ0n) is 9.23. The number of aromatic amines is 1. The van der Waals surface area contributed by atoms with Crippen molar-refractivity contribution in [1.29, 1.82) is 5.26 Å². The number of ether oxygens (including phenoxy) is 1. The van der Waals surface area contributed by atoms with Crippen molar-refractivity contribution in [3.63, 3.8) is 0 Å². The lowest BCUT2D eigenvalue weighted by Crippen LogP contribution is -2.12. The van der Waals surface area contributed by atoms with Crippen molar-refractivity contribution in [2.24, 2.45) is 0 Å². The van der Waals surface area contributed by atoms with Crippen molar-refractivity contribution < 1.29 is 4.74 Å². The predicted octanol–water partition coefficient (Wildman–Crippen LogP) is 1.92. The number of nitrogens with one attached hydrogen (secondary N) is 1. The van der Waals surface area contributed by atoms with Crippen LogP contribution in [-0.2, 0) is 0 Å². The number of aromatic nitrogens is 1. The third kappa shape index (κ3) is 2.04.